The molecule has 1 saturated heterocycles. The van der Waals surface area contributed by atoms with Crippen molar-refractivity contribution in [2.45, 2.75) is 25.3 Å². The van der Waals surface area contributed by atoms with Crippen LogP contribution in [-0.4, -0.2) is 39.8 Å². The van der Waals surface area contributed by atoms with E-state index in [9.17, 15) is 10.1 Å². The van der Waals surface area contributed by atoms with Crippen LogP contribution in [-0.2, 0) is 7.05 Å². The van der Waals surface area contributed by atoms with Gasteiger partial charge >= 0.3 is 0 Å². The number of piperidine rings is 1. The molecule has 30 heavy (non-hydrogen) atoms. The number of nitrogens with zero attached hydrogens (tertiary/aromatic N) is 3. The van der Waals surface area contributed by atoms with Gasteiger partial charge in [-0.1, -0.05) is 12.1 Å². The molecular formula is C22H23BrN6O. The second-order valence-corrected chi connectivity index (χ2v) is 8.46. The number of aromatic amines is 1. The zero-order valence-corrected chi connectivity index (χ0v) is 18.5. The van der Waals surface area contributed by atoms with Crippen LogP contribution in [0.15, 0.2) is 41.0 Å². The van der Waals surface area contributed by atoms with Crippen molar-refractivity contribution in [3.05, 3.63) is 63.5 Å². The minimum absolute atomic E-state index is 0.0595. The third-order valence-corrected chi connectivity index (χ3v) is 6.23. The van der Waals surface area contributed by atoms with Gasteiger partial charge in [0.1, 0.15) is 5.69 Å². The van der Waals surface area contributed by atoms with Crippen LogP contribution < -0.4 is 10.6 Å². The number of amides is 1. The SMILES string of the molecule is Cc1[nH]c(C(=O)N[C@H]2CNCC[C@@H]2c2cccc(C#N)c2)cc1-c1c(Br)cnn1C. The first-order valence-electron chi connectivity index (χ1n) is 9.87. The highest BCUT2D eigenvalue weighted by Crippen LogP contribution is 2.31. The van der Waals surface area contributed by atoms with Crippen LogP contribution in [0.3, 0.4) is 0 Å². The van der Waals surface area contributed by atoms with Gasteiger partial charge in [0.2, 0.25) is 0 Å². The lowest BCUT2D eigenvalue weighted by Crippen LogP contribution is -2.50. The molecule has 0 aliphatic carbocycles. The van der Waals surface area contributed by atoms with Gasteiger partial charge in [0.05, 0.1) is 28.0 Å². The molecule has 8 heteroatoms. The maximum Gasteiger partial charge on any atom is 0.268 e. The molecule has 0 unspecified atom stereocenters. The Hall–Kier alpha value is -2.89. The summed E-state index contributed by atoms with van der Waals surface area (Å²) in [4.78, 5) is 16.3. The lowest BCUT2D eigenvalue weighted by Gasteiger charge is -2.33. The number of rotatable bonds is 4. The van der Waals surface area contributed by atoms with Gasteiger partial charge in [-0.25, -0.2) is 0 Å². The van der Waals surface area contributed by atoms with E-state index in [4.69, 9.17) is 0 Å². The van der Waals surface area contributed by atoms with Gasteiger partial charge < -0.3 is 15.6 Å². The molecule has 2 atom stereocenters. The largest absolute Gasteiger partial charge is 0.354 e. The number of carbonyl (C=O) groups is 1. The fraction of sp³-hybridized carbons (Fsp3) is 0.318. The van der Waals surface area contributed by atoms with Crippen LogP contribution >= 0.6 is 15.9 Å². The van der Waals surface area contributed by atoms with Crippen LogP contribution in [0, 0.1) is 18.3 Å². The zero-order chi connectivity index (χ0) is 21.3. The number of halogens is 1. The Labute approximate surface area is 183 Å². The highest BCUT2D eigenvalue weighted by atomic mass is 79.9. The molecule has 7 nitrogen and oxygen atoms in total. The molecule has 3 aromatic rings. The third kappa shape index (κ3) is 3.91. The minimum atomic E-state index is -0.141. The molecular weight excluding hydrogens is 444 g/mol. The Morgan fingerprint density at radius 1 is 1.40 bits per heavy atom. The average Bonchev–Trinajstić information content (AvgIpc) is 3.29. The van der Waals surface area contributed by atoms with Gasteiger partial charge in [-0.15, -0.1) is 0 Å². The quantitative estimate of drug-likeness (QED) is 0.549. The summed E-state index contributed by atoms with van der Waals surface area (Å²) in [5, 5.41) is 20.0. The summed E-state index contributed by atoms with van der Waals surface area (Å²) in [6.07, 6.45) is 2.64. The van der Waals surface area contributed by atoms with E-state index in [0.29, 0.717) is 17.8 Å². The zero-order valence-electron chi connectivity index (χ0n) is 16.9. The molecule has 4 rings (SSSR count). The molecule has 3 N–H and O–H groups in total. The summed E-state index contributed by atoms with van der Waals surface area (Å²) >= 11 is 3.53. The monoisotopic (exact) mass is 466 g/mol. The van der Waals surface area contributed by atoms with Crippen molar-refractivity contribution in [1.82, 2.24) is 25.4 Å². The van der Waals surface area contributed by atoms with E-state index in [1.807, 2.05) is 38.2 Å². The van der Waals surface area contributed by atoms with E-state index in [1.54, 1.807) is 16.9 Å². The number of nitrogens with one attached hydrogen (secondary N) is 3. The summed E-state index contributed by atoms with van der Waals surface area (Å²) in [6, 6.07) is 11.7. The molecule has 1 aromatic carbocycles. The fourth-order valence-electron chi connectivity index (χ4n) is 4.13. The molecule has 3 heterocycles. The molecule has 1 fully saturated rings. The second kappa shape index (κ2) is 8.46. The highest BCUT2D eigenvalue weighted by Gasteiger charge is 2.29. The van der Waals surface area contributed by atoms with Gasteiger partial charge in [0.25, 0.3) is 5.91 Å². The van der Waals surface area contributed by atoms with Gasteiger partial charge in [-0.05, 0) is 59.6 Å². The van der Waals surface area contributed by atoms with E-state index in [2.05, 4.69) is 42.7 Å². The Morgan fingerprint density at radius 2 is 2.23 bits per heavy atom. The molecule has 0 spiro atoms. The first-order valence-corrected chi connectivity index (χ1v) is 10.7. The summed E-state index contributed by atoms with van der Waals surface area (Å²) in [5.74, 6) is 0.0167. The van der Waals surface area contributed by atoms with Crippen molar-refractivity contribution in [1.29, 1.82) is 5.26 Å². The average molecular weight is 467 g/mol. The van der Waals surface area contributed by atoms with Gasteiger partial charge in [0.15, 0.2) is 0 Å². The molecule has 0 saturated carbocycles. The van der Waals surface area contributed by atoms with E-state index in [-0.39, 0.29) is 17.9 Å². The highest BCUT2D eigenvalue weighted by molar-refractivity contribution is 9.10. The Balaban J connectivity index is 1.57. The smallest absolute Gasteiger partial charge is 0.268 e. The first kappa shape index (κ1) is 20.4. The predicted molar refractivity (Wildman–Crippen MR) is 118 cm³/mol. The third-order valence-electron chi connectivity index (χ3n) is 5.65. The van der Waals surface area contributed by atoms with Crippen molar-refractivity contribution in [2.75, 3.05) is 13.1 Å². The number of H-pyrrole nitrogens is 1. The molecule has 154 valence electrons. The maximum atomic E-state index is 13.1. The van der Waals surface area contributed by atoms with Crippen LogP contribution in [0.4, 0.5) is 0 Å². The Kier molecular flexibility index (Phi) is 5.75. The van der Waals surface area contributed by atoms with E-state index in [0.717, 1.165) is 40.0 Å². The molecule has 0 bridgehead atoms. The Bertz CT molecular complexity index is 1110. The van der Waals surface area contributed by atoms with E-state index < -0.39 is 0 Å². The maximum absolute atomic E-state index is 13.1. The number of hydrogen-bond acceptors (Lipinski definition) is 4. The lowest BCUT2D eigenvalue weighted by molar-refractivity contribution is 0.0920. The molecule has 0 radical (unpaired) electrons. The lowest BCUT2D eigenvalue weighted by atomic mass is 9.85. The van der Waals surface area contributed by atoms with Gasteiger partial charge in [-0.2, -0.15) is 10.4 Å². The Morgan fingerprint density at radius 3 is 2.97 bits per heavy atom. The van der Waals surface area contributed by atoms with Gasteiger partial charge in [-0.3, -0.25) is 9.48 Å². The standard InChI is InChI=1S/C22H23BrN6O/c1-13-17(21-18(23)11-26-29(21)2)9-19(27-13)22(30)28-20-12-25-7-6-16(20)15-5-3-4-14(8-15)10-24/h3-5,8-9,11,16,20,25,27H,6-7,12H2,1-2H3,(H,28,30)/t16-,20+/m1/s1. The number of aromatic nitrogens is 3. The van der Waals surface area contributed by atoms with Crippen LogP contribution in [0.1, 0.15) is 39.6 Å². The van der Waals surface area contributed by atoms with Crippen molar-refractivity contribution in [3.63, 3.8) is 0 Å². The van der Waals surface area contributed by atoms with E-state index >= 15 is 0 Å². The summed E-state index contributed by atoms with van der Waals surface area (Å²) in [5.41, 5.74) is 5.01. The number of carbonyl (C=O) groups excluding carboxylic acids is 1. The van der Waals surface area contributed by atoms with E-state index in [1.165, 1.54) is 0 Å². The summed E-state index contributed by atoms with van der Waals surface area (Å²) < 4.78 is 2.67. The number of benzene rings is 1. The molecule has 2 aromatic heterocycles. The van der Waals surface area contributed by atoms with Crippen molar-refractivity contribution in [3.8, 4) is 17.3 Å². The van der Waals surface area contributed by atoms with Crippen LogP contribution in [0.2, 0.25) is 0 Å². The minimum Gasteiger partial charge on any atom is -0.354 e. The number of hydrogen-bond donors (Lipinski definition) is 3. The van der Waals surface area contributed by atoms with Crippen molar-refractivity contribution >= 4 is 21.8 Å². The number of aryl methyl sites for hydroxylation is 2. The normalized spacial score (nSPS) is 18.7. The van der Waals surface area contributed by atoms with Crippen molar-refractivity contribution < 1.29 is 4.79 Å². The van der Waals surface area contributed by atoms with Crippen molar-refractivity contribution in [2.24, 2.45) is 7.05 Å². The second-order valence-electron chi connectivity index (χ2n) is 7.60. The van der Waals surface area contributed by atoms with Crippen LogP contribution in [0.5, 0.6) is 0 Å². The molecule has 1 aliphatic heterocycles. The number of nitriles is 1. The van der Waals surface area contributed by atoms with Crippen LogP contribution in [0.25, 0.3) is 11.3 Å². The topological polar surface area (TPSA) is 98.5 Å². The first-order chi connectivity index (χ1) is 14.5. The van der Waals surface area contributed by atoms with Gasteiger partial charge in [0, 0.05) is 36.8 Å². The molecule has 1 aliphatic rings. The summed E-state index contributed by atoms with van der Waals surface area (Å²) in [6.45, 7) is 3.52. The molecule has 1 amide bonds. The predicted octanol–water partition coefficient (Wildman–Crippen LogP) is 3.23. The summed E-state index contributed by atoms with van der Waals surface area (Å²) in [7, 11) is 1.87. The fourth-order valence-corrected chi connectivity index (χ4v) is 4.70.